The minimum atomic E-state index is -0.180. The maximum Gasteiger partial charge on any atom is 0.320 e. The number of rotatable bonds is 8. The van der Waals surface area contributed by atoms with Gasteiger partial charge in [0.05, 0.1) is 19.9 Å². The van der Waals surface area contributed by atoms with Crippen LogP contribution < -0.4 is 0 Å². The molecular weight excluding hydrogens is 182 g/mol. The maximum absolute atomic E-state index is 11.2. The molecule has 0 spiro atoms. The van der Waals surface area contributed by atoms with E-state index in [1.165, 1.54) is 0 Å². The fourth-order valence-corrected chi connectivity index (χ4v) is 0.889. The van der Waals surface area contributed by atoms with Crippen molar-refractivity contribution < 1.29 is 14.3 Å². The highest BCUT2D eigenvalue weighted by Gasteiger charge is 2.06. The quantitative estimate of drug-likeness (QED) is 0.338. The van der Waals surface area contributed by atoms with Crippen LogP contribution in [0, 0.1) is 0 Å². The Balaban J connectivity index is 3.40. The lowest BCUT2D eigenvalue weighted by molar-refractivity contribution is -0.146. The largest absolute Gasteiger partial charge is 0.465 e. The fraction of sp³-hybridized carbons (Fsp3) is 0.900. The fourth-order valence-electron chi connectivity index (χ4n) is 0.889. The predicted molar refractivity (Wildman–Crippen MR) is 55.0 cm³/mol. The molecule has 84 valence electrons. The number of carbonyl (C=O) groups excluding carboxylic acids is 1. The Morgan fingerprint density at radius 1 is 1.36 bits per heavy atom. The number of carbonyl (C=O) groups is 1. The monoisotopic (exact) mass is 203 g/mol. The van der Waals surface area contributed by atoms with Crippen molar-refractivity contribution in [3.8, 4) is 0 Å². The van der Waals surface area contributed by atoms with Crippen molar-refractivity contribution in [1.82, 2.24) is 4.90 Å². The first-order valence-electron chi connectivity index (χ1n) is 5.12. The SMILES string of the molecule is CCCCOC(=O)CN(C)COCC. The van der Waals surface area contributed by atoms with Gasteiger partial charge < -0.3 is 9.47 Å². The van der Waals surface area contributed by atoms with Gasteiger partial charge in [-0.25, -0.2) is 0 Å². The second-order valence-corrected chi connectivity index (χ2v) is 3.21. The predicted octanol–water partition coefficient (Wildman–Crippen LogP) is 1.26. The second-order valence-electron chi connectivity index (χ2n) is 3.21. The molecule has 0 aliphatic heterocycles. The Hall–Kier alpha value is -0.610. The molecule has 0 aromatic carbocycles. The molecule has 0 N–H and O–H groups in total. The third kappa shape index (κ3) is 8.01. The van der Waals surface area contributed by atoms with Gasteiger partial charge in [0.25, 0.3) is 0 Å². The number of esters is 1. The molecule has 4 nitrogen and oxygen atoms in total. The smallest absolute Gasteiger partial charge is 0.320 e. The second kappa shape index (κ2) is 8.97. The molecule has 0 aromatic heterocycles. The zero-order valence-electron chi connectivity index (χ0n) is 9.41. The lowest BCUT2D eigenvalue weighted by Gasteiger charge is -2.14. The summed E-state index contributed by atoms with van der Waals surface area (Å²) in [5, 5.41) is 0. The summed E-state index contributed by atoms with van der Waals surface area (Å²) in [5.74, 6) is -0.180. The van der Waals surface area contributed by atoms with Gasteiger partial charge in [0.15, 0.2) is 0 Å². The Bertz CT molecular complexity index is 150. The average molecular weight is 203 g/mol. The van der Waals surface area contributed by atoms with E-state index in [1.807, 2.05) is 14.0 Å². The van der Waals surface area contributed by atoms with E-state index < -0.39 is 0 Å². The third-order valence-electron chi connectivity index (χ3n) is 1.68. The molecular formula is C10H21NO3. The first-order chi connectivity index (χ1) is 6.70. The molecule has 0 rings (SSSR count). The first-order valence-corrected chi connectivity index (χ1v) is 5.12. The lowest BCUT2D eigenvalue weighted by atomic mass is 10.4. The zero-order valence-corrected chi connectivity index (χ0v) is 9.41. The molecule has 14 heavy (non-hydrogen) atoms. The van der Waals surface area contributed by atoms with E-state index in [0.29, 0.717) is 26.5 Å². The van der Waals surface area contributed by atoms with Crippen LogP contribution in [-0.2, 0) is 14.3 Å². The molecule has 0 atom stereocenters. The van der Waals surface area contributed by atoms with Crippen LogP contribution in [0.1, 0.15) is 26.7 Å². The van der Waals surface area contributed by atoms with Crippen molar-refractivity contribution in [2.24, 2.45) is 0 Å². The van der Waals surface area contributed by atoms with Gasteiger partial charge >= 0.3 is 5.97 Å². The van der Waals surface area contributed by atoms with Gasteiger partial charge in [0.2, 0.25) is 0 Å². The number of ether oxygens (including phenoxy) is 2. The normalized spacial score (nSPS) is 10.6. The summed E-state index contributed by atoms with van der Waals surface area (Å²) < 4.78 is 10.1. The Morgan fingerprint density at radius 3 is 2.64 bits per heavy atom. The van der Waals surface area contributed by atoms with Crippen LogP contribution in [0.3, 0.4) is 0 Å². The van der Waals surface area contributed by atoms with Gasteiger partial charge in [0, 0.05) is 6.61 Å². The number of unbranched alkanes of at least 4 members (excludes halogenated alkanes) is 1. The van der Waals surface area contributed by atoms with Crippen molar-refractivity contribution in [2.45, 2.75) is 26.7 Å². The number of nitrogens with zero attached hydrogens (tertiary/aromatic N) is 1. The summed E-state index contributed by atoms with van der Waals surface area (Å²) in [5.41, 5.74) is 0. The van der Waals surface area contributed by atoms with E-state index in [2.05, 4.69) is 6.92 Å². The summed E-state index contributed by atoms with van der Waals surface area (Å²) in [6, 6.07) is 0. The number of hydrogen-bond donors (Lipinski definition) is 0. The van der Waals surface area contributed by atoms with Crippen molar-refractivity contribution in [3.05, 3.63) is 0 Å². The molecule has 0 saturated heterocycles. The van der Waals surface area contributed by atoms with Gasteiger partial charge in [-0.05, 0) is 20.4 Å². The van der Waals surface area contributed by atoms with Crippen molar-refractivity contribution >= 4 is 5.97 Å². The summed E-state index contributed by atoms with van der Waals surface area (Å²) in [6.07, 6.45) is 1.98. The van der Waals surface area contributed by atoms with Crippen molar-refractivity contribution in [2.75, 3.05) is 33.5 Å². The van der Waals surface area contributed by atoms with Crippen LogP contribution in [0.25, 0.3) is 0 Å². The highest BCUT2D eigenvalue weighted by molar-refractivity contribution is 5.71. The highest BCUT2D eigenvalue weighted by atomic mass is 16.5. The highest BCUT2D eigenvalue weighted by Crippen LogP contribution is 1.91. The minimum absolute atomic E-state index is 0.180. The molecule has 0 radical (unpaired) electrons. The summed E-state index contributed by atoms with van der Waals surface area (Å²) in [6.45, 7) is 5.94. The van der Waals surface area contributed by atoms with Crippen LogP contribution in [0.5, 0.6) is 0 Å². The Kier molecular flexibility index (Phi) is 8.57. The van der Waals surface area contributed by atoms with E-state index in [9.17, 15) is 4.79 Å². The number of likely N-dealkylation sites (N-methyl/N-ethyl adjacent to an activating group) is 1. The van der Waals surface area contributed by atoms with Gasteiger partial charge in [-0.3, -0.25) is 9.69 Å². The van der Waals surface area contributed by atoms with Crippen LogP contribution >= 0.6 is 0 Å². The van der Waals surface area contributed by atoms with E-state index >= 15 is 0 Å². The van der Waals surface area contributed by atoms with Crippen molar-refractivity contribution in [3.63, 3.8) is 0 Å². The molecule has 4 heteroatoms. The van der Waals surface area contributed by atoms with E-state index in [4.69, 9.17) is 9.47 Å². The first kappa shape index (κ1) is 13.4. The summed E-state index contributed by atoms with van der Waals surface area (Å²) in [7, 11) is 1.83. The third-order valence-corrected chi connectivity index (χ3v) is 1.68. The molecule has 0 saturated carbocycles. The summed E-state index contributed by atoms with van der Waals surface area (Å²) in [4.78, 5) is 13.0. The molecule has 0 amide bonds. The van der Waals surface area contributed by atoms with Gasteiger partial charge in [-0.1, -0.05) is 13.3 Å². The van der Waals surface area contributed by atoms with Crippen LogP contribution in [0.15, 0.2) is 0 Å². The van der Waals surface area contributed by atoms with E-state index in [0.717, 1.165) is 12.8 Å². The van der Waals surface area contributed by atoms with E-state index in [-0.39, 0.29) is 5.97 Å². The zero-order chi connectivity index (χ0) is 10.8. The van der Waals surface area contributed by atoms with Gasteiger partial charge in [-0.15, -0.1) is 0 Å². The van der Waals surface area contributed by atoms with Gasteiger partial charge in [-0.2, -0.15) is 0 Å². The van der Waals surface area contributed by atoms with E-state index in [1.54, 1.807) is 4.90 Å². The molecule has 0 bridgehead atoms. The average Bonchev–Trinajstić information content (AvgIpc) is 2.15. The lowest BCUT2D eigenvalue weighted by Crippen LogP contribution is -2.29. The molecule has 0 aliphatic rings. The summed E-state index contributed by atoms with van der Waals surface area (Å²) >= 11 is 0. The van der Waals surface area contributed by atoms with Crippen LogP contribution in [-0.4, -0.2) is 44.4 Å². The Morgan fingerprint density at radius 2 is 2.07 bits per heavy atom. The molecule has 0 aromatic rings. The van der Waals surface area contributed by atoms with Gasteiger partial charge in [0.1, 0.15) is 0 Å². The topological polar surface area (TPSA) is 38.8 Å². The minimum Gasteiger partial charge on any atom is -0.465 e. The van der Waals surface area contributed by atoms with Crippen molar-refractivity contribution in [1.29, 1.82) is 0 Å². The van der Waals surface area contributed by atoms with Crippen LogP contribution in [0.4, 0.5) is 0 Å². The number of hydrogen-bond acceptors (Lipinski definition) is 4. The molecule has 0 fully saturated rings. The standard InChI is InChI=1S/C10H21NO3/c1-4-6-7-14-10(12)8-11(3)9-13-5-2/h4-9H2,1-3H3. The molecule has 0 heterocycles. The molecule has 0 unspecified atom stereocenters. The van der Waals surface area contributed by atoms with Crippen LogP contribution in [0.2, 0.25) is 0 Å². The maximum atomic E-state index is 11.2. The Labute approximate surface area is 86.2 Å². The molecule has 0 aliphatic carbocycles.